The number of hydrogen-bond donors (Lipinski definition) is 3. The summed E-state index contributed by atoms with van der Waals surface area (Å²) in [4.78, 5) is 22.3. The molecule has 1 aromatic carbocycles. The lowest BCUT2D eigenvalue weighted by Gasteiger charge is -2.10. The van der Waals surface area contributed by atoms with Gasteiger partial charge < -0.3 is 15.7 Å². The number of unbranched alkanes of at least 4 members (excludes halogenated alkanes) is 2. The van der Waals surface area contributed by atoms with Gasteiger partial charge >= 0.3 is 12.0 Å². The van der Waals surface area contributed by atoms with Gasteiger partial charge in [0.2, 0.25) is 0 Å². The fraction of sp³-hybridized carbons (Fsp3) is 0.467. The van der Waals surface area contributed by atoms with Crippen molar-refractivity contribution in [2.24, 2.45) is 0 Å². The van der Waals surface area contributed by atoms with Gasteiger partial charge in [-0.3, -0.25) is 4.79 Å². The van der Waals surface area contributed by atoms with Crippen LogP contribution in [0.4, 0.5) is 4.79 Å². The number of amides is 2. The van der Waals surface area contributed by atoms with Crippen LogP contribution in [0.1, 0.15) is 37.3 Å². The molecule has 5 nitrogen and oxygen atoms in total. The molecule has 0 aromatic heterocycles. The maximum absolute atomic E-state index is 11.6. The van der Waals surface area contributed by atoms with Crippen LogP contribution in [0.15, 0.2) is 24.3 Å². The Morgan fingerprint density at radius 2 is 1.80 bits per heavy atom. The maximum atomic E-state index is 11.6. The molecule has 0 radical (unpaired) electrons. The molecular formula is C15H22N2O3. The summed E-state index contributed by atoms with van der Waals surface area (Å²) in [5, 5.41) is 14.4. The summed E-state index contributed by atoms with van der Waals surface area (Å²) in [5.41, 5.74) is 1.56. The fourth-order valence-electron chi connectivity index (χ4n) is 1.88. The van der Waals surface area contributed by atoms with Gasteiger partial charge in [-0.25, -0.2) is 4.79 Å². The number of carbonyl (C=O) groups is 2. The second-order valence-electron chi connectivity index (χ2n) is 4.66. The Bertz CT molecular complexity index is 446. The van der Waals surface area contributed by atoms with E-state index in [4.69, 9.17) is 5.11 Å². The van der Waals surface area contributed by atoms with Crippen molar-refractivity contribution in [2.45, 2.75) is 39.2 Å². The van der Waals surface area contributed by atoms with E-state index in [0.29, 0.717) is 13.1 Å². The number of rotatable bonds is 8. The smallest absolute Gasteiger partial charge is 0.315 e. The SMILES string of the molecule is CCCCCNC(=O)NCc1ccccc1CC(=O)O. The van der Waals surface area contributed by atoms with Crippen LogP contribution < -0.4 is 10.6 Å². The van der Waals surface area contributed by atoms with Gasteiger partial charge in [-0.05, 0) is 17.5 Å². The van der Waals surface area contributed by atoms with E-state index in [2.05, 4.69) is 17.6 Å². The fourth-order valence-corrected chi connectivity index (χ4v) is 1.88. The third-order valence-corrected chi connectivity index (χ3v) is 2.97. The Kier molecular flexibility index (Phi) is 7.17. The number of nitrogens with one attached hydrogen (secondary N) is 2. The second kappa shape index (κ2) is 8.96. The van der Waals surface area contributed by atoms with Crippen molar-refractivity contribution in [3.8, 4) is 0 Å². The highest BCUT2D eigenvalue weighted by Crippen LogP contribution is 2.09. The number of urea groups is 1. The Balaban J connectivity index is 2.41. The highest BCUT2D eigenvalue weighted by Gasteiger charge is 2.07. The van der Waals surface area contributed by atoms with Crippen LogP contribution in [0, 0.1) is 0 Å². The lowest BCUT2D eigenvalue weighted by Crippen LogP contribution is -2.35. The highest BCUT2D eigenvalue weighted by molar-refractivity contribution is 5.74. The van der Waals surface area contributed by atoms with Crippen LogP contribution in [-0.2, 0) is 17.8 Å². The molecule has 0 aliphatic heterocycles. The Labute approximate surface area is 119 Å². The summed E-state index contributed by atoms with van der Waals surface area (Å²) < 4.78 is 0. The summed E-state index contributed by atoms with van der Waals surface area (Å²) in [6.45, 7) is 3.11. The standard InChI is InChI=1S/C15H22N2O3/c1-2-3-6-9-16-15(20)17-11-13-8-5-4-7-12(13)10-14(18)19/h4-5,7-8H,2-3,6,9-11H2,1H3,(H,18,19)(H2,16,17,20). The molecule has 0 saturated carbocycles. The van der Waals surface area contributed by atoms with E-state index < -0.39 is 5.97 Å². The van der Waals surface area contributed by atoms with Crippen molar-refractivity contribution in [2.75, 3.05) is 6.54 Å². The van der Waals surface area contributed by atoms with Gasteiger partial charge in [-0.1, -0.05) is 44.0 Å². The number of hydrogen-bond acceptors (Lipinski definition) is 2. The molecule has 0 aliphatic rings. The molecular weight excluding hydrogens is 256 g/mol. The number of aliphatic carboxylic acids is 1. The molecule has 3 N–H and O–H groups in total. The highest BCUT2D eigenvalue weighted by atomic mass is 16.4. The Hall–Kier alpha value is -2.04. The molecule has 0 heterocycles. The molecule has 5 heteroatoms. The first-order valence-electron chi connectivity index (χ1n) is 6.93. The van der Waals surface area contributed by atoms with Crippen LogP contribution in [0.25, 0.3) is 0 Å². The van der Waals surface area contributed by atoms with Crippen molar-refractivity contribution in [3.05, 3.63) is 35.4 Å². The maximum Gasteiger partial charge on any atom is 0.315 e. The zero-order valence-electron chi connectivity index (χ0n) is 11.8. The zero-order valence-corrected chi connectivity index (χ0v) is 11.8. The number of carboxylic acid groups (broad SMARTS) is 1. The number of benzene rings is 1. The minimum atomic E-state index is -0.874. The minimum absolute atomic E-state index is 0.0318. The molecule has 0 fully saturated rings. The van der Waals surface area contributed by atoms with E-state index in [1.165, 1.54) is 0 Å². The van der Waals surface area contributed by atoms with E-state index in [0.717, 1.165) is 30.4 Å². The average molecular weight is 278 g/mol. The predicted molar refractivity (Wildman–Crippen MR) is 77.5 cm³/mol. The Morgan fingerprint density at radius 3 is 2.45 bits per heavy atom. The van der Waals surface area contributed by atoms with Gasteiger partial charge in [-0.2, -0.15) is 0 Å². The molecule has 0 aliphatic carbocycles. The summed E-state index contributed by atoms with van der Waals surface area (Å²) in [6.07, 6.45) is 3.16. The summed E-state index contributed by atoms with van der Waals surface area (Å²) >= 11 is 0. The monoisotopic (exact) mass is 278 g/mol. The topological polar surface area (TPSA) is 78.4 Å². The van der Waals surface area contributed by atoms with Crippen LogP contribution in [0.2, 0.25) is 0 Å². The number of carbonyl (C=O) groups excluding carboxylic acids is 1. The molecule has 0 unspecified atom stereocenters. The van der Waals surface area contributed by atoms with E-state index >= 15 is 0 Å². The molecule has 110 valence electrons. The van der Waals surface area contributed by atoms with Crippen LogP contribution in [-0.4, -0.2) is 23.7 Å². The second-order valence-corrected chi connectivity index (χ2v) is 4.66. The molecule has 2 amide bonds. The summed E-state index contributed by atoms with van der Waals surface area (Å²) in [5.74, 6) is -0.874. The lowest BCUT2D eigenvalue weighted by molar-refractivity contribution is -0.136. The molecule has 20 heavy (non-hydrogen) atoms. The van der Waals surface area contributed by atoms with E-state index in [1.807, 2.05) is 12.1 Å². The van der Waals surface area contributed by atoms with Crippen molar-refractivity contribution in [1.82, 2.24) is 10.6 Å². The van der Waals surface area contributed by atoms with Gasteiger partial charge in [0.05, 0.1) is 6.42 Å². The normalized spacial score (nSPS) is 10.1. The van der Waals surface area contributed by atoms with E-state index in [-0.39, 0.29) is 12.5 Å². The van der Waals surface area contributed by atoms with Crippen molar-refractivity contribution < 1.29 is 14.7 Å². The first kappa shape index (κ1) is 16.0. The summed E-state index contributed by atoms with van der Waals surface area (Å²) in [6, 6.07) is 7.01. The third-order valence-electron chi connectivity index (χ3n) is 2.97. The quantitative estimate of drug-likeness (QED) is 0.638. The molecule has 0 bridgehead atoms. The average Bonchev–Trinajstić information content (AvgIpc) is 2.42. The van der Waals surface area contributed by atoms with Crippen LogP contribution in [0.5, 0.6) is 0 Å². The van der Waals surface area contributed by atoms with Gasteiger partial charge in [0, 0.05) is 13.1 Å². The van der Waals surface area contributed by atoms with Gasteiger partial charge in [0.15, 0.2) is 0 Å². The largest absolute Gasteiger partial charge is 0.481 e. The third kappa shape index (κ3) is 6.22. The first-order chi connectivity index (χ1) is 9.63. The number of carboxylic acids is 1. The van der Waals surface area contributed by atoms with Gasteiger partial charge in [0.1, 0.15) is 0 Å². The van der Waals surface area contributed by atoms with E-state index in [9.17, 15) is 9.59 Å². The van der Waals surface area contributed by atoms with Crippen LogP contribution in [0.3, 0.4) is 0 Å². The Morgan fingerprint density at radius 1 is 1.10 bits per heavy atom. The van der Waals surface area contributed by atoms with Gasteiger partial charge in [0.25, 0.3) is 0 Å². The molecule has 1 aromatic rings. The minimum Gasteiger partial charge on any atom is -0.481 e. The first-order valence-corrected chi connectivity index (χ1v) is 6.93. The molecule has 0 saturated heterocycles. The van der Waals surface area contributed by atoms with Gasteiger partial charge in [-0.15, -0.1) is 0 Å². The molecule has 0 atom stereocenters. The van der Waals surface area contributed by atoms with Crippen molar-refractivity contribution in [1.29, 1.82) is 0 Å². The zero-order chi connectivity index (χ0) is 14.8. The molecule has 1 rings (SSSR count). The molecule has 0 spiro atoms. The predicted octanol–water partition coefficient (Wildman–Crippen LogP) is 2.30. The van der Waals surface area contributed by atoms with Crippen molar-refractivity contribution >= 4 is 12.0 Å². The summed E-state index contributed by atoms with van der Waals surface area (Å²) in [7, 11) is 0. The lowest BCUT2D eigenvalue weighted by atomic mass is 10.0. The van der Waals surface area contributed by atoms with Crippen LogP contribution >= 0.6 is 0 Å². The van der Waals surface area contributed by atoms with E-state index in [1.54, 1.807) is 12.1 Å². The van der Waals surface area contributed by atoms with Crippen molar-refractivity contribution in [3.63, 3.8) is 0 Å².